The molecule has 0 fully saturated rings. The maximum absolute atomic E-state index is 13.0. The molecule has 0 spiro atoms. The Morgan fingerprint density at radius 1 is 0.926 bits per heavy atom. The lowest BCUT2D eigenvalue weighted by Gasteiger charge is -2.22. The van der Waals surface area contributed by atoms with Gasteiger partial charge in [0, 0.05) is 24.8 Å². The topological polar surface area (TPSA) is 73.1 Å². The van der Waals surface area contributed by atoms with Gasteiger partial charge in [-0.15, -0.1) is 5.06 Å². The summed E-state index contributed by atoms with van der Waals surface area (Å²) >= 11 is 0. The summed E-state index contributed by atoms with van der Waals surface area (Å²) in [5.74, 6) is 0.171. The van der Waals surface area contributed by atoms with Crippen LogP contribution in [-0.2, 0) is 0 Å². The normalized spacial score (nSPS) is 10.4. The highest BCUT2D eigenvalue weighted by atomic mass is 16.7. The third-order valence-corrected chi connectivity index (χ3v) is 3.79. The van der Waals surface area contributed by atoms with E-state index in [1.165, 1.54) is 23.8 Å². The van der Waals surface area contributed by atoms with E-state index in [1.54, 1.807) is 35.1 Å². The number of hydrogen-bond acceptors (Lipinski definition) is 5. The minimum atomic E-state index is -0.369. The second-order valence-electron chi connectivity index (χ2n) is 5.60. The molecule has 0 N–H and O–H groups in total. The van der Waals surface area contributed by atoms with Gasteiger partial charge in [-0.25, -0.2) is 14.6 Å². The molecule has 0 saturated heterocycles. The zero-order valence-corrected chi connectivity index (χ0v) is 14.2. The van der Waals surface area contributed by atoms with Gasteiger partial charge in [0.1, 0.15) is 6.33 Å². The second-order valence-corrected chi connectivity index (χ2v) is 5.60. The first-order valence-electron chi connectivity index (χ1n) is 8.24. The molecule has 4 aromatic rings. The summed E-state index contributed by atoms with van der Waals surface area (Å²) in [7, 11) is 0. The number of aromatic nitrogens is 4. The van der Waals surface area contributed by atoms with Gasteiger partial charge >= 0.3 is 0 Å². The van der Waals surface area contributed by atoms with Crippen molar-refractivity contribution in [1.29, 1.82) is 0 Å². The minimum absolute atomic E-state index is 0.324. The average molecular weight is 357 g/mol. The van der Waals surface area contributed by atoms with Crippen LogP contribution in [0.5, 0.6) is 5.75 Å². The molecule has 2 aromatic carbocycles. The number of amides is 1. The second kappa shape index (κ2) is 7.49. The van der Waals surface area contributed by atoms with Crippen LogP contribution in [0.3, 0.4) is 0 Å². The van der Waals surface area contributed by atoms with Crippen LogP contribution in [0.4, 0.5) is 5.69 Å². The van der Waals surface area contributed by atoms with Crippen molar-refractivity contribution >= 4 is 11.6 Å². The van der Waals surface area contributed by atoms with Gasteiger partial charge < -0.3 is 4.84 Å². The van der Waals surface area contributed by atoms with Crippen LogP contribution in [0.15, 0.2) is 91.8 Å². The fourth-order valence-corrected chi connectivity index (χ4v) is 2.49. The summed E-state index contributed by atoms with van der Waals surface area (Å²) in [6.45, 7) is 0. The van der Waals surface area contributed by atoms with Gasteiger partial charge in [-0.2, -0.15) is 5.10 Å². The van der Waals surface area contributed by atoms with Crippen LogP contribution in [0.25, 0.3) is 5.69 Å². The van der Waals surface area contributed by atoms with E-state index in [0.717, 1.165) is 5.69 Å². The van der Waals surface area contributed by atoms with Gasteiger partial charge in [-0.3, -0.25) is 4.79 Å². The number of anilines is 1. The summed E-state index contributed by atoms with van der Waals surface area (Å²) in [6.07, 6.45) is 7.83. The van der Waals surface area contributed by atoms with E-state index in [4.69, 9.17) is 4.84 Å². The fourth-order valence-electron chi connectivity index (χ4n) is 2.49. The average Bonchev–Trinajstić information content (AvgIpc) is 3.28. The number of carbonyl (C=O) groups excluding carboxylic acids is 1. The molecule has 2 heterocycles. The number of hydrogen-bond donors (Lipinski definition) is 0. The van der Waals surface area contributed by atoms with Crippen molar-refractivity contribution in [2.45, 2.75) is 0 Å². The van der Waals surface area contributed by atoms with Crippen molar-refractivity contribution in [3.63, 3.8) is 0 Å². The quantitative estimate of drug-likeness (QED) is 0.513. The monoisotopic (exact) mass is 357 g/mol. The molecule has 27 heavy (non-hydrogen) atoms. The standard InChI is InChI=1S/C20H15N5O2/c26-20(16-13-21-15-22-14-16)25(27-19-5-2-1-3-6-19)18-9-7-17(8-10-18)24-12-4-11-23-24/h1-15H. The summed E-state index contributed by atoms with van der Waals surface area (Å²) in [4.78, 5) is 26.6. The Kier molecular flexibility index (Phi) is 4.57. The van der Waals surface area contributed by atoms with Crippen molar-refractivity contribution in [3.8, 4) is 11.4 Å². The minimum Gasteiger partial charge on any atom is -0.372 e. The Morgan fingerprint density at radius 2 is 1.67 bits per heavy atom. The van der Waals surface area contributed by atoms with Gasteiger partial charge in [-0.05, 0) is 42.5 Å². The molecule has 7 heteroatoms. The van der Waals surface area contributed by atoms with Gasteiger partial charge in [0.05, 0.1) is 16.9 Å². The molecule has 0 aliphatic carbocycles. The fraction of sp³-hybridized carbons (Fsp3) is 0. The lowest BCUT2D eigenvalue weighted by atomic mass is 10.2. The van der Waals surface area contributed by atoms with E-state index in [9.17, 15) is 4.79 Å². The smallest absolute Gasteiger partial charge is 0.294 e. The lowest BCUT2D eigenvalue weighted by molar-refractivity contribution is 0.0879. The number of nitrogens with zero attached hydrogens (tertiary/aromatic N) is 5. The Labute approximate surface area is 155 Å². The molecule has 132 valence electrons. The molecular formula is C20H15N5O2. The van der Waals surface area contributed by atoms with Crippen LogP contribution < -0.4 is 9.90 Å². The molecule has 0 bridgehead atoms. The number of para-hydroxylation sites is 1. The molecule has 1 amide bonds. The summed E-state index contributed by atoms with van der Waals surface area (Å²) in [5, 5.41) is 5.42. The van der Waals surface area contributed by atoms with Crippen molar-refractivity contribution in [2.75, 3.05) is 5.06 Å². The molecule has 4 rings (SSSR count). The van der Waals surface area contributed by atoms with Gasteiger partial charge in [0.15, 0.2) is 5.75 Å². The van der Waals surface area contributed by atoms with Crippen molar-refractivity contribution in [2.24, 2.45) is 0 Å². The molecule has 0 saturated carbocycles. The van der Waals surface area contributed by atoms with Crippen molar-refractivity contribution in [1.82, 2.24) is 19.7 Å². The Hall–Kier alpha value is -4.00. The summed E-state index contributed by atoms with van der Waals surface area (Å²) in [6, 6.07) is 18.3. The predicted octanol–water partition coefficient (Wildman–Crippen LogP) is 3.30. The molecule has 0 aliphatic rings. The zero-order chi connectivity index (χ0) is 18.5. The molecule has 0 atom stereocenters. The van der Waals surface area contributed by atoms with E-state index in [0.29, 0.717) is 17.0 Å². The molecule has 0 aliphatic heterocycles. The van der Waals surface area contributed by atoms with E-state index < -0.39 is 0 Å². The summed E-state index contributed by atoms with van der Waals surface area (Å²) < 4.78 is 1.74. The van der Waals surface area contributed by atoms with Gasteiger partial charge in [-0.1, -0.05) is 18.2 Å². The van der Waals surface area contributed by atoms with E-state index in [1.807, 2.05) is 42.6 Å². The Balaban J connectivity index is 1.67. The van der Waals surface area contributed by atoms with Crippen LogP contribution in [0.2, 0.25) is 0 Å². The van der Waals surface area contributed by atoms with Crippen LogP contribution in [-0.4, -0.2) is 25.7 Å². The largest absolute Gasteiger partial charge is 0.372 e. The lowest BCUT2D eigenvalue weighted by Crippen LogP contribution is -2.34. The Morgan fingerprint density at radius 3 is 2.33 bits per heavy atom. The van der Waals surface area contributed by atoms with Crippen LogP contribution in [0.1, 0.15) is 10.4 Å². The van der Waals surface area contributed by atoms with E-state index >= 15 is 0 Å². The van der Waals surface area contributed by atoms with Crippen LogP contribution in [0, 0.1) is 0 Å². The highest BCUT2D eigenvalue weighted by Crippen LogP contribution is 2.22. The molecular weight excluding hydrogens is 342 g/mol. The molecule has 0 radical (unpaired) electrons. The van der Waals surface area contributed by atoms with Crippen molar-refractivity contribution in [3.05, 3.63) is 97.3 Å². The number of rotatable bonds is 5. The predicted molar refractivity (Wildman–Crippen MR) is 99.5 cm³/mol. The highest BCUT2D eigenvalue weighted by molar-refractivity contribution is 6.04. The first kappa shape index (κ1) is 16.5. The van der Waals surface area contributed by atoms with Crippen LogP contribution >= 0.6 is 0 Å². The summed E-state index contributed by atoms with van der Waals surface area (Å²) in [5.41, 5.74) is 1.77. The first-order chi connectivity index (χ1) is 13.3. The van der Waals surface area contributed by atoms with Gasteiger partial charge in [0.2, 0.25) is 0 Å². The molecule has 7 nitrogen and oxygen atoms in total. The van der Waals surface area contributed by atoms with E-state index in [2.05, 4.69) is 15.1 Å². The van der Waals surface area contributed by atoms with Crippen molar-refractivity contribution < 1.29 is 9.63 Å². The Bertz CT molecular complexity index is 1000. The molecule has 2 aromatic heterocycles. The highest BCUT2D eigenvalue weighted by Gasteiger charge is 2.21. The van der Waals surface area contributed by atoms with E-state index in [-0.39, 0.29) is 5.91 Å². The number of benzene rings is 2. The maximum atomic E-state index is 13.0. The SMILES string of the molecule is O=C(c1cncnc1)N(Oc1ccccc1)c1ccc(-n2cccn2)cc1. The third-order valence-electron chi connectivity index (χ3n) is 3.79. The van der Waals surface area contributed by atoms with Gasteiger partial charge in [0.25, 0.3) is 5.91 Å². The zero-order valence-electron chi connectivity index (χ0n) is 14.2. The maximum Gasteiger partial charge on any atom is 0.294 e. The third kappa shape index (κ3) is 3.67. The number of carbonyl (C=O) groups is 1. The number of hydroxylamine groups is 1. The molecule has 0 unspecified atom stereocenters. The first-order valence-corrected chi connectivity index (χ1v) is 8.24.